The summed E-state index contributed by atoms with van der Waals surface area (Å²) in [4.78, 5) is 51.2. The molecule has 0 aromatic carbocycles. The van der Waals surface area contributed by atoms with Crippen molar-refractivity contribution in [3.05, 3.63) is 32.3 Å². The van der Waals surface area contributed by atoms with Gasteiger partial charge in [0.1, 0.15) is 0 Å². The van der Waals surface area contributed by atoms with Crippen molar-refractivity contribution in [3.63, 3.8) is 0 Å². The van der Waals surface area contributed by atoms with E-state index in [0.717, 1.165) is 25.5 Å². The van der Waals surface area contributed by atoms with Crippen molar-refractivity contribution in [1.29, 1.82) is 0 Å². The fourth-order valence-electron chi connectivity index (χ4n) is 3.60. The van der Waals surface area contributed by atoms with E-state index in [0.29, 0.717) is 19.5 Å². The molecule has 0 aliphatic carbocycles. The Labute approximate surface area is 132 Å². The first-order valence-corrected chi connectivity index (χ1v) is 7.75. The lowest BCUT2D eigenvalue weighted by Gasteiger charge is -2.37. The molecule has 2 fully saturated rings. The molecule has 8 heteroatoms. The number of rotatable bonds is 2. The lowest BCUT2D eigenvalue weighted by molar-refractivity contribution is -0.144. The Bertz CT molecular complexity index is 752. The number of carbonyl (C=O) groups excluding carboxylic acids is 2. The van der Waals surface area contributed by atoms with Crippen LogP contribution in [0.4, 0.5) is 0 Å². The molecule has 23 heavy (non-hydrogen) atoms. The predicted octanol–water partition coefficient (Wildman–Crippen LogP) is -0.923. The summed E-state index contributed by atoms with van der Waals surface area (Å²) in [5, 5.41) is 4.38. The number of hydrogen-bond donors (Lipinski definition) is 2. The molecular weight excluding hydrogens is 300 g/mol. The molecule has 1 aromatic rings. The first-order valence-electron chi connectivity index (χ1n) is 7.75. The van der Waals surface area contributed by atoms with Crippen molar-refractivity contribution in [3.8, 4) is 0 Å². The van der Waals surface area contributed by atoms with Gasteiger partial charge in [-0.2, -0.15) is 0 Å². The largest absolute Gasteiger partial charge is 0.345 e. The Kier molecular flexibility index (Phi) is 3.83. The van der Waals surface area contributed by atoms with Gasteiger partial charge in [-0.1, -0.05) is 0 Å². The molecule has 2 N–H and O–H groups in total. The number of H-pyrrole nitrogens is 2. The van der Waals surface area contributed by atoms with Gasteiger partial charge in [-0.25, -0.2) is 0 Å². The van der Waals surface area contributed by atoms with Crippen LogP contribution >= 0.6 is 0 Å². The van der Waals surface area contributed by atoms with Crippen molar-refractivity contribution in [2.45, 2.75) is 25.7 Å². The SMILES string of the molecule is CN1CCCC2(CCN(C(=O)Cc3cc(=O)[nH][nH]c3=O)C2)C1=O. The minimum Gasteiger partial charge on any atom is -0.345 e. The highest BCUT2D eigenvalue weighted by Gasteiger charge is 2.48. The lowest BCUT2D eigenvalue weighted by Crippen LogP contribution is -2.48. The van der Waals surface area contributed by atoms with E-state index in [1.807, 2.05) is 0 Å². The molecule has 1 atom stereocenters. The Balaban J connectivity index is 1.73. The van der Waals surface area contributed by atoms with Gasteiger partial charge in [-0.05, 0) is 19.3 Å². The van der Waals surface area contributed by atoms with E-state index in [1.54, 1.807) is 16.8 Å². The van der Waals surface area contributed by atoms with Gasteiger partial charge in [0.2, 0.25) is 11.8 Å². The van der Waals surface area contributed by atoms with E-state index in [2.05, 4.69) is 10.2 Å². The van der Waals surface area contributed by atoms with Gasteiger partial charge in [0, 0.05) is 38.3 Å². The fourth-order valence-corrected chi connectivity index (χ4v) is 3.60. The van der Waals surface area contributed by atoms with Crippen LogP contribution in [0.25, 0.3) is 0 Å². The van der Waals surface area contributed by atoms with Crippen LogP contribution in [0.15, 0.2) is 15.7 Å². The molecule has 0 radical (unpaired) electrons. The second kappa shape index (κ2) is 5.68. The topological polar surface area (TPSA) is 106 Å². The average Bonchev–Trinajstić information content (AvgIpc) is 2.94. The second-order valence-corrected chi connectivity index (χ2v) is 6.47. The fraction of sp³-hybridized carbons (Fsp3) is 0.600. The number of hydrogen-bond acceptors (Lipinski definition) is 4. The third kappa shape index (κ3) is 2.80. The van der Waals surface area contributed by atoms with Gasteiger partial charge in [-0.15, -0.1) is 0 Å². The molecule has 3 rings (SSSR count). The molecule has 3 heterocycles. The summed E-state index contributed by atoms with van der Waals surface area (Å²) in [6, 6.07) is 1.14. The molecule has 1 aromatic heterocycles. The number of amides is 2. The zero-order valence-electron chi connectivity index (χ0n) is 13.1. The van der Waals surface area contributed by atoms with Crippen LogP contribution in [-0.4, -0.2) is 58.5 Å². The van der Waals surface area contributed by atoms with Crippen LogP contribution in [0, 0.1) is 5.41 Å². The van der Waals surface area contributed by atoms with E-state index in [9.17, 15) is 19.2 Å². The highest BCUT2D eigenvalue weighted by atomic mass is 16.2. The Hall–Kier alpha value is -2.38. The van der Waals surface area contributed by atoms with E-state index in [4.69, 9.17) is 0 Å². The Morgan fingerprint density at radius 3 is 2.78 bits per heavy atom. The maximum Gasteiger partial charge on any atom is 0.266 e. The summed E-state index contributed by atoms with van der Waals surface area (Å²) in [6.45, 7) is 1.67. The maximum atomic E-state index is 12.5. The molecule has 1 spiro atoms. The van der Waals surface area contributed by atoms with Gasteiger partial charge in [0.25, 0.3) is 11.1 Å². The van der Waals surface area contributed by atoms with Gasteiger partial charge >= 0.3 is 0 Å². The summed E-state index contributed by atoms with van der Waals surface area (Å²) in [7, 11) is 1.80. The Morgan fingerprint density at radius 1 is 1.22 bits per heavy atom. The summed E-state index contributed by atoms with van der Waals surface area (Å²) >= 11 is 0. The minimum atomic E-state index is -0.472. The molecule has 0 saturated carbocycles. The third-order valence-corrected chi connectivity index (χ3v) is 4.89. The van der Waals surface area contributed by atoms with Gasteiger partial charge in [-0.3, -0.25) is 29.4 Å². The molecule has 124 valence electrons. The van der Waals surface area contributed by atoms with Crippen LogP contribution in [-0.2, 0) is 16.0 Å². The average molecular weight is 320 g/mol. The predicted molar refractivity (Wildman–Crippen MR) is 81.9 cm³/mol. The van der Waals surface area contributed by atoms with E-state index in [-0.39, 0.29) is 23.8 Å². The second-order valence-electron chi connectivity index (χ2n) is 6.47. The monoisotopic (exact) mass is 320 g/mol. The smallest absolute Gasteiger partial charge is 0.266 e. The standard InChI is InChI=1S/C15H20N4O4/c1-18-5-2-3-15(14(18)23)4-6-19(9-15)12(21)8-10-7-11(20)16-17-13(10)22/h7H,2-6,8-9H2,1H3,(H,16,20)(H,17,22). The van der Waals surface area contributed by atoms with Crippen LogP contribution < -0.4 is 11.1 Å². The van der Waals surface area contributed by atoms with Gasteiger partial charge in [0.15, 0.2) is 0 Å². The van der Waals surface area contributed by atoms with Crippen LogP contribution in [0.3, 0.4) is 0 Å². The summed E-state index contributed by atoms with van der Waals surface area (Å²) in [6.07, 6.45) is 2.27. The minimum absolute atomic E-state index is 0.105. The van der Waals surface area contributed by atoms with E-state index in [1.165, 1.54) is 0 Å². The van der Waals surface area contributed by atoms with Crippen LogP contribution in [0.2, 0.25) is 0 Å². The van der Waals surface area contributed by atoms with Crippen molar-refractivity contribution in [1.82, 2.24) is 20.0 Å². The number of aromatic amines is 2. The van der Waals surface area contributed by atoms with E-state index < -0.39 is 16.5 Å². The van der Waals surface area contributed by atoms with Gasteiger partial charge < -0.3 is 9.80 Å². The zero-order valence-corrected chi connectivity index (χ0v) is 13.1. The number of piperidine rings is 1. The van der Waals surface area contributed by atoms with Crippen LogP contribution in [0.1, 0.15) is 24.8 Å². The third-order valence-electron chi connectivity index (χ3n) is 4.89. The molecule has 2 aliphatic rings. The quantitative estimate of drug-likeness (QED) is 0.734. The summed E-state index contributed by atoms with van der Waals surface area (Å²) in [5.74, 6) is -0.118. The summed E-state index contributed by atoms with van der Waals surface area (Å²) in [5.41, 5.74) is -1.25. The molecule has 8 nitrogen and oxygen atoms in total. The molecular formula is C15H20N4O4. The number of likely N-dealkylation sites (tertiary alicyclic amines) is 2. The van der Waals surface area contributed by atoms with Crippen molar-refractivity contribution in [2.75, 3.05) is 26.7 Å². The van der Waals surface area contributed by atoms with Gasteiger partial charge in [0.05, 0.1) is 11.8 Å². The number of nitrogens with zero attached hydrogens (tertiary/aromatic N) is 2. The maximum absolute atomic E-state index is 12.5. The first kappa shape index (κ1) is 15.5. The van der Waals surface area contributed by atoms with Crippen LogP contribution in [0.5, 0.6) is 0 Å². The molecule has 0 bridgehead atoms. The molecule has 2 amide bonds. The molecule has 1 unspecified atom stereocenters. The van der Waals surface area contributed by atoms with E-state index >= 15 is 0 Å². The van der Waals surface area contributed by atoms with Crippen molar-refractivity contribution in [2.24, 2.45) is 5.41 Å². The van der Waals surface area contributed by atoms with Crippen molar-refractivity contribution >= 4 is 11.8 Å². The van der Waals surface area contributed by atoms with Crippen molar-refractivity contribution < 1.29 is 9.59 Å². The normalized spacial score (nSPS) is 24.5. The summed E-state index contributed by atoms with van der Waals surface area (Å²) < 4.78 is 0. The zero-order chi connectivity index (χ0) is 16.6. The Morgan fingerprint density at radius 2 is 2.00 bits per heavy atom. The lowest BCUT2D eigenvalue weighted by atomic mass is 9.78. The number of carbonyl (C=O) groups is 2. The number of nitrogens with one attached hydrogen (secondary N) is 2. The molecule has 2 saturated heterocycles. The number of aromatic nitrogens is 2. The first-order chi connectivity index (χ1) is 10.9. The molecule has 2 aliphatic heterocycles. The highest BCUT2D eigenvalue weighted by Crippen LogP contribution is 2.39. The highest BCUT2D eigenvalue weighted by molar-refractivity contribution is 5.86.